The zero-order valence-electron chi connectivity index (χ0n) is 11.2. The van der Waals surface area contributed by atoms with Crippen molar-refractivity contribution in [1.82, 2.24) is 9.55 Å². The third-order valence-corrected chi connectivity index (χ3v) is 3.87. The van der Waals surface area contributed by atoms with Crippen LogP contribution in [-0.2, 0) is 12.7 Å². The number of halogens is 3. The van der Waals surface area contributed by atoms with Crippen molar-refractivity contribution in [3.05, 3.63) is 24.0 Å². The van der Waals surface area contributed by atoms with Crippen LogP contribution in [0.3, 0.4) is 0 Å². The number of imidazole rings is 1. The van der Waals surface area contributed by atoms with Gasteiger partial charge < -0.3 is 10.3 Å². The fraction of sp³-hybridized carbons (Fsp3) is 0.462. The Morgan fingerprint density at radius 2 is 2.10 bits per heavy atom. The minimum atomic E-state index is -4.47. The highest BCUT2D eigenvalue weighted by atomic mass is 32.2. The molecular weight excluding hydrogens is 287 g/mol. The van der Waals surface area contributed by atoms with Crippen molar-refractivity contribution < 1.29 is 13.2 Å². The lowest BCUT2D eigenvalue weighted by atomic mass is 10.2. The Morgan fingerprint density at radius 1 is 1.40 bits per heavy atom. The maximum Gasteiger partial charge on any atom is 0.449 e. The number of hydrogen-bond donors (Lipinski definition) is 1. The van der Waals surface area contributed by atoms with Gasteiger partial charge in [-0.15, -0.1) is 0 Å². The summed E-state index contributed by atoms with van der Waals surface area (Å²) in [6.07, 6.45) is -2.53. The molecule has 0 fully saturated rings. The van der Waals surface area contributed by atoms with E-state index in [9.17, 15) is 13.2 Å². The van der Waals surface area contributed by atoms with E-state index in [0.717, 1.165) is 5.75 Å². The molecule has 0 aliphatic rings. The van der Waals surface area contributed by atoms with Crippen molar-refractivity contribution in [2.45, 2.75) is 19.6 Å². The molecule has 0 radical (unpaired) electrons. The molecule has 2 N–H and O–H groups in total. The minimum absolute atomic E-state index is 0.126. The molecule has 1 aromatic heterocycles. The minimum Gasteiger partial charge on any atom is -0.399 e. The van der Waals surface area contributed by atoms with Gasteiger partial charge in [-0.05, 0) is 36.1 Å². The van der Waals surface area contributed by atoms with Gasteiger partial charge in [-0.1, -0.05) is 6.92 Å². The molecule has 0 saturated carbocycles. The molecule has 7 heteroatoms. The quantitative estimate of drug-likeness (QED) is 0.877. The molecule has 3 nitrogen and oxygen atoms in total. The van der Waals surface area contributed by atoms with Crippen molar-refractivity contribution >= 4 is 28.5 Å². The van der Waals surface area contributed by atoms with Gasteiger partial charge in [0.2, 0.25) is 5.82 Å². The van der Waals surface area contributed by atoms with Gasteiger partial charge in [0.25, 0.3) is 0 Å². The van der Waals surface area contributed by atoms with Gasteiger partial charge in [0.05, 0.1) is 11.0 Å². The van der Waals surface area contributed by atoms with Gasteiger partial charge in [-0.25, -0.2) is 4.98 Å². The van der Waals surface area contributed by atoms with E-state index in [2.05, 4.69) is 4.98 Å². The predicted octanol–water partition coefficient (Wildman–Crippen LogP) is 3.64. The Balaban J connectivity index is 2.53. The summed E-state index contributed by atoms with van der Waals surface area (Å²) in [7, 11) is 0. The Kier molecular flexibility index (Phi) is 4.17. The molecule has 2 rings (SSSR count). The van der Waals surface area contributed by atoms with Gasteiger partial charge in [-0.2, -0.15) is 24.9 Å². The van der Waals surface area contributed by atoms with Gasteiger partial charge in [0, 0.05) is 12.2 Å². The topological polar surface area (TPSA) is 43.8 Å². The fourth-order valence-electron chi connectivity index (χ4n) is 2.20. The average Bonchev–Trinajstić information content (AvgIpc) is 2.67. The van der Waals surface area contributed by atoms with E-state index in [-0.39, 0.29) is 18.0 Å². The first-order chi connectivity index (χ1) is 9.32. The van der Waals surface area contributed by atoms with Crippen molar-refractivity contribution in [3.8, 4) is 0 Å². The average molecular weight is 303 g/mol. The summed E-state index contributed by atoms with van der Waals surface area (Å²) < 4.78 is 40.6. The summed E-state index contributed by atoms with van der Waals surface area (Å²) in [6.45, 7) is 2.22. The fourth-order valence-corrected chi connectivity index (χ4v) is 2.87. The third-order valence-electron chi connectivity index (χ3n) is 2.97. The van der Waals surface area contributed by atoms with Crippen molar-refractivity contribution in [2.24, 2.45) is 5.92 Å². The van der Waals surface area contributed by atoms with Gasteiger partial charge >= 0.3 is 6.18 Å². The highest BCUT2D eigenvalue weighted by Crippen LogP contribution is 2.32. The number of anilines is 1. The molecule has 20 heavy (non-hydrogen) atoms. The van der Waals surface area contributed by atoms with Crippen LogP contribution >= 0.6 is 11.8 Å². The lowest BCUT2D eigenvalue weighted by molar-refractivity contribution is -0.147. The second-order valence-electron chi connectivity index (χ2n) is 4.85. The highest BCUT2D eigenvalue weighted by molar-refractivity contribution is 7.98. The number of nitrogens with two attached hydrogens (primary N) is 1. The van der Waals surface area contributed by atoms with Crippen molar-refractivity contribution in [1.29, 1.82) is 0 Å². The standard InChI is InChI=1S/C13H16F3N3S/c1-8(7-20-2)6-19-11-4-3-9(17)5-10(11)18-12(19)13(14,15)16/h3-5,8H,6-7,17H2,1-2H3. The van der Waals surface area contributed by atoms with Crippen LogP contribution in [-0.4, -0.2) is 21.6 Å². The summed E-state index contributed by atoms with van der Waals surface area (Å²) in [5, 5.41) is 0. The SMILES string of the molecule is CSCC(C)Cn1c(C(F)(F)F)nc2cc(N)ccc21. The van der Waals surface area contributed by atoms with E-state index in [1.807, 2.05) is 13.2 Å². The molecule has 1 unspecified atom stereocenters. The van der Waals surface area contributed by atoms with Gasteiger partial charge in [0.15, 0.2) is 0 Å². The number of nitrogens with zero attached hydrogens (tertiary/aromatic N) is 2. The Labute approximate surface area is 119 Å². The first kappa shape index (κ1) is 15.0. The van der Waals surface area contributed by atoms with E-state index in [1.165, 1.54) is 10.6 Å². The largest absolute Gasteiger partial charge is 0.449 e. The molecule has 0 saturated heterocycles. The lowest BCUT2D eigenvalue weighted by Crippen LogP contribution is -2.18. The predicted molar refractivity (Wildman–Crippen MR) is 76.7 cm³/mol. The normalized spacial score (nSPS) is 13.8. The molecule has 1 heterocycles. The van der Waals surface area contributed by atoms with Crippen LogP contribution in [0.1, 0.15) is 12.7 Å². The number of hydrogen-bond acceptors (Lipinski definition) is 3. The summed E-state index contributed by atoms with van der Waals surface area (Å²) in [5.41, 5.74) is 6.78. The molecule has 0 aliphatic carbocycles. The summed E-state index contributed by atoms with van der Waals surface area (Å²) in [6, 6.07) is 4.67. The molecule has 1 atom stereocenters. The van der Waals surface area contributed by atoms with Crippen LogP contribution in [0.4, 0.5) is 18.9 Å². The van der Waals surface area contributed by atoms with Crippen molar-refractivity contribution in [2.75, 3.05) is 17.7 Å². The lowest BCUT2D eigenvalue weighted by Gasteiger charge is -2.15. The van der Waals surface area contributed by atoms with Crippen LogP contribution in [0.2, 0.25) is 0 Å². The maximum atomic E-state index is 13.1. The Bertz CT molecular complexity index is 607. The van der Waals surface area contributed by atoms with E-state index in [0.29, 0.717) is 11.2 Å². The highest BCUT2D eigenvalue weighted by Gasteiger charge is 2.37. The van der Waals surface area contributed by atoms with E-state index >= 15 is 0 Å². The van der Waals surface area contributed by atoms with E-state index in [4.69, 9.17) is 5.73 Å². The Hall–Kier alpha value is -1.37. The number of rotatable bonds is 4. The molecule has 0 amide bonds. The number of fused-ring (bicyclic) bond motifs is 1. The molecule has 2 aromatic rings. The molecule has 0 spiro atoms. The van der Waals surface area contributed by atoms with Gasteiger partial charge in [0.1, 0.15) is 0 Å². The number of nitrogen functional groups attached to an aromatic ring is 1. The summed E-state index contributed by atoms with van der Waals surface area (Å²) in [4.78, 5) is 3.71. The summed E-state index contributed by atoms with van der Waals surface area (Å²) >= 11 is 1.62. The smallest absolute Gasteiger partial charge is 0.399 e. The van der Waals surface area contributed by atoms with Crippen molar-refractivity contribution in [3.63, 3.8) is 0 Å². The monoisotopic (exact) mass is 303 g/mol. The molecular formula is C13H16F3N3S. The summed E-state index contributed by atoms with van der Waals surface area (Å²) in [5.74, 6) is 0.0680. The number of benzene rings is 1. The first-order valence-electron chi connectivity index (χ1n) is 6.15. The second kappa shape index (κ2) is 5.55. The van der Waals surface area contributed by atoms with Crippen LogP contribution in [0, 0.1) is 5.92 Å². The van der Waals surface area contributed by atoms with Crippen LogP contribution in [0.5, 0.6) is 0 Å². The first-order valence-corrected chi connectivity index (χ1v) is 7.54. The molecule has 1 aromatic carbocycles. The van der Waals surface area contributed by atoms with Gasteiger partial charge in [-0.3, -0.25) is 0 Å². The van der Waals surface area contributed by atoms with E-state index < -0.39 is 12.0 Å². The molecule has 0 aliphatic heterocycles. The third kappa shape index (κ3) is 3.03. The number of aromatic nitrogens is 2. The Morgan fingerprint density at radius 3 is 2.70 bits per heavy atom. The zero-order valence-corrected chi connectivity index (χ0v) is 12.1. The van der Waals surface area contributed by atoms with Crippen LogP contribution in [0.25, 0.3) is 11.0 Å². The number of alkyl halides is 3. The zero-order chi connectivity index (χ0) is 14.9. The molecule has 0 bridgehead atoms. The molecule has 110 valence electrons. The van der Waals surface area contributed by atoms with Crippen LogP contribution in [0.15, 0.2) is 18.2 Å². The number of thioether (sulfide) groups is 1. The second-order valence-corrected chi connectivity index (χ2v) is 5.76. The van der Waals surface area contributed by atoms with Crippen LogP contribution < -0.4 is 5.73 Å². The van der Waals surface area contributed by atoms with E-state index in [1.54, 1.807) is 23.9 Å². The maximum absolute atomic E-state index is 13.1.